The molecule has 0 atom stereocenters. The lowest BCUT2D eigenvalue weighted by atomic mass is 10.2. The number of benzene rings is 1. The van der Waals surface area contributed by atoms with Gasteiger partial charge in [0, 0.05) is 42.8 Å². The molecule has 1 aliphatic rings. The van der Waals surface area contributed by atoms with Gasteiger partial charge in [0.15, 0.2) is 0 Å². The van der Waals surface area contributed by atoms with E-state index in [9.17, 15) is 4.79 Å². The Morgan fingerprint density at radius 3 is 2.55 bits per heavy atom. The maximum absolute atomic E-state index is 12.0. The van der Waals surface area contributed by atoms with Gasteiger partial charge in [-0.3, -0.25) is 4.79 Å². The van der Waals surface area contributed by atoms with Gasteiger partial charge in [0.1, 0.15) is 0 Å². The average Bonchev–Trinajstić information content (AvgIpc) is 2.48. The van der Waals surface area contributed by atoms with Crippen LogP contribution in [0.15, 0.2) is 22.7 Å². The number of halogens is 1. The fourth-order valence-electron chi connectivity index (χ4n) is 2.48. The second-order valence-corrected chi connectivity index (χ2v) is 6.26. The van der Waals surface area contributed by atoms with Crippen LogP contribution in [-0.4, -0.2) is 37.0 Å². The van der Waals surface area contributed by atoms with Crippen molar-refractivity contribution in [2.45, 2.75) is 33.1 Å². The Hall–Kier alpha value is -1.03. The zero-order valence-electron chi connectivity index (χ0n) is 12.4. The maximum atomic E-state index is 12.0. The van der Waals surface area contributed by atoms with Crippen LogP contribution in [0.5, 0.6) is 0 Å². The van der Waals surface area contributed by atoms with Gasteiger partial charge in [-0.05, 0) is 31.0 Å². The molecule has 0 saturated carbocycles. The first-order chi connectivity index (χ1) is 9.61. The molecule has 1 heterocycles. The lowest BCUT2D eigenvalue weighted by molar-refractivity contribution is -0.131. The van der Waals surface area contributed by atoms with E-state index in [1.54, 1.807) is 0 Å². The fourth-order valence-corrected chi connectivity index (χ4v) is 2.85. The summed E-state index contributed by atoms with van der Waals surface area (Å²) in [6.07, 6.45) is 2.79. The van der Waals surface area contributed by atoms with Gasteiger partial charge in [0.25, 0.3) is 0 Å². The first-order valence-corrected chi connectivity index (χ1v) is 8.20. The number of aryl methyl sites for hydroxylation is 1. The number of rotatable bonds is 4. The van der Waals surface area contributed by atoms with Crippen molar-refractivity contribution in [3.63, 3.8) is 0 Å². The molecule has 0 radical (unpaired) electrons. The molecule has 0 bridgehead atoms. The molecule has 1 amide bonds. The molecular formula is C16H23BrN2O. The molecule has 2 rings (SSSR count). The molecule has 0 aromatic heterocycles. The predicted octanol–water partition coefficient (Wildman–Crippen LogP) is 3.60. The van der Waals surface area contributed by atoms with Crippen LogP contribution in [-0.2, 0) is 4.79 Å². The van der Waals surface area contributed by atoms with E-state index in [-0.39, 0.29) is 0 Å². The Bertz CT molecular complexity index is 468. The van der Waals surface area contributed by atoms with Crippen LogP contribution in [0.1, 0.15) is 31.7 Å². The van der Waals surface area contributed by atoms with Crippen molar-refractivity contribution in [1.29, 1.82) is 0 Å². The smallest absolute Gasteiger partial charge is 0.222 e. The topological polar surface area (TPSA) is 23.6 Å². The van der Waals surface area contributed by atoms with Crippen molar-refractivity contribution in [3.8, 4) is 0 Å². The SMILES string of the molecule is CCCCC(=O)N1CCN(c2ccc(C)c(Br)c2)CC1. The molecule has 1 aliphatic heterocycles. The molecule has 1 saturated heterocycles. The second kappa shape index (κ2) is 7.11. The number of carbonyl (C=O) groups excluding carboxylic acids is 1. The van der Waals surface area contributed by atoms with Gasteiger partial charge < -0.3 is 9.80 Å². The fraction of sp³-hybridized carbons (Fsp3) is 0.562. The molecule has 1 aromatic rings. The highest BCUT2D eigenvalue weighted by Gasteiger charge is 2.20. The minimum absolute atomic E-state index is 0.316. The number of nitrogens with zero attached hydrogens (tertiary/aromatic N) is 2. The van der Waals surface area contributed by atoms with Crippen LogP contribution in [0, 0.1) is 6.92 Å². The van der Waals surface area contributed by atoms with Gasteiger partial charge in [-0.2, -0.15) is 0 Å². The standard InChI is InChI=1S/C16H23BrN2O/c1-3-4-5-16(20)19-10-8-18(9-11-19)14-7-6-13(2)15(17)12-14/h6-7,12H,3-5,8-11H2,1-2H3. The molecule has 20 heavy (non-hydrogen) atoms. The normalized spacial score (nSPS) is 15.6. The number of hydrogen-bond donors (Lipinski definition) is 0. The summed E-state index contributed by atoms with van der Waals surface area (Å²) >= 11 is 3.59. The average molecular weight is 339 g/mol. The Morgan fingerprint density at radius 1 is 1.25 bits per heavy atom. The van der Waals surface area contributed by atoms with Crippen LogP contribution in [0.2, 0.25) is 0 Å². The van der Waals surface area contributed by atoms with E-state index in [2.05, 4.69) is 52.9 Å². The third-order valence-corrected chi connectivity index (χ3v) is 4.75. The summed E-state index contributed by atoms with van der Waals surface area (Å²) in [5.41, 5.74) is 2.49. The van der Waals surface area contributed by atoms with Crippen molar-refractivity contribution in [2.75, 3.05) is 31.1 Å². The Labute approximate surface area is 130 Å². The van der Waals surface area contributed by atoms with E-state index in [1.807, 2.05) is 4.90 Å². The Balaban J connectivity index is 1.90. The highest BCUT2D eigenvalue weighted by Crippen LogP contribution is 2.24. The Morgan fingerprint density at radius 2 is 1.95 bits per heavy atom. The van der Waals surface area contributed by atoms with Gasteiger partial charge in [-0.1, -0.05) is 35.3 Å². The quantitative estimate of drug-likeness (QED) is 0.837. The van der Waals surface area contributed by atoms with Crippen molar-refractivity contribution in [3.05, 3.63) is 28.2 Å². The summed E-state index contributed by atoms with van der Waals surface area (Å²) in [7, 11) is 0. The number of hydrogen-bond acceptors (Lipinski definition) is 2. The van der Waals surface area contributed by atoms with E-state index < -0.39 is 0 Å². The molecule has 1 fully saturated rings. The van der Waals surface area contributed by atoms with Crippen molar-refractivity contribution >= 4 is 27.5 Å². The van der Waals surface area contributed by atoms with Crippen LogP contribution in [0.3, 0.4) is 0 Å². The van der Waals surface area contributed by atoms with Crippen molar-refractivity contribution in [2.24, 2.45) is 0 Å². The number of amides is 1. The zero-order chi connectivity index (χ0) is 14.5. The monoisotopic (exact) mass is 338 g/mol. The molecule has 110 valence electrons. The second-order valence-electron chi connectivity index (χ2n) is 5.40. The number of anilines is 1. The summed E-state index contributed by atoms with van der Waals surface area (Å²) in [6.45, 7) is 7.75. The van der Waals surface area contributed by atoms with Crippen molar-refractivity contribution < 1.29 is 4.79 Å². The van der Waals surface area contributed by atoms with Gasteiger partial charge in [-0.15, -0.1) is 0 Å². The minimum Gasteiger partial charge on any atom is -0.368 e. The molecular weight excluding hydrogens is 316 g/mol. The molecule has 0 N–H and O–H groups in total. The lowest BCUT2D eigenvalue weighted by Crippen LogP contribution is -2.48. The molecule has 0 spiro atoms. The van der Waals surface area contributed by atoms with Gasteiger partial charge in [0.2, 0.25) is 5.91 Å². The molecule has 3 nitrogen and oxygen atoms in total. The lowest BCUT2D eigenvalue weighted by Gasteiger charge is -2.36. The van der Waals surface area contributed by atoms with E-state index in [0.717, 1.165) is 43.5 Å². The van der Waals surface area contributed by atoms with Gasteiger partial charge >= 0.3 is 0 Å². The highest BCUT2D eigenvalue weighted by molar-refractivity contribution is 9.10. The van der Waals surface area contributed by atoms with Crippen LogP contribution < -0.4 is 4.90 Å². The van der Waals surface area contributed by atoms with Crippen molar-refractivity contribution in [1.82, 2.24) is 4.90 Å². The maximum Gasteiger partial charge on any atom is 0.222 e. The predicted molar refractivity (Wildman–Crippen MR) is 87.2 cm³/mol. The zero-order valence-corrected chi connectivity index (χ0v) is 13.9. The molecule has 0 unspecified atom stereocenters. The van der Waals surface area contributed by atoms with Crippen LogP contribution in [0.25, 0.3) is 0 Å². The number of piperazine rings is 1. The van der Waals surface area contributed by atoms with E-state index >= 15 is 0 Å². The summed E-state index contributed by atoms with van der Waals surface area (Å²) < 4.78 is 1.15. The molecule has 0 aliphatic carbocycles. The molecule has 4 heteroatoms. The number of carbonyl (C=O) groups is 1. The third-order valence-electron chi connectivity index (χ3n) is 3.90. The van der Waals surface area contributed by atoms with E-state index in [4.69, 9.17) is 0 Å². The summed E-state index contributed by atoms with van der Waals surface area (Å²) in [4.78, 5) is 16.4. The highest BCUT2D eigenvalue weighted by atomic mass is 79.9. The van der Waals surface area contributed by atoms with Gasteiger partial charge in [0.05, 0.1) is 0 Å². The van der Waals surface area contributed by atoms with E-state index in [0.29, 0.717) is 12.3 Å². The Kier molecular flexibility index (Phi) is 5.46. The first-order valence-electron chi connectivity index (χ1n) is 7.40. The molecule has 1 aromatic carbocycles. The van der Waals surface area contributed by atoms with Crippen LogP contribution >= 0.6 is 15.9 Å². The largest absolute Gasteiger partial charge is 0.368 e. The third kappa shape index (κ3) is 3.75. The summed E-state index contributed by atoms with van der Waals surface area (Å²) in [5, 5.41) is 0. The van der Waals surface area contributed by atoms with E-state index in [1.165, 1.54) is 11.3 Å². The minimum atomic E-state index is 0.316. The first kappa shape index (κ1) is 15.4. The summed E-state index contributed by atoms with van der Waals surface area (Å²) in [5.74, 6) is 0.316. The summed E-state index contributed by atoms with van der Waals surface area (Å²) in [6, 6.07) is 6.47. The van der Waals surface area contributed by atoms with Gasteiger partial charge in [-0.25, -0.2) is 0 Å². The number of unbranched alkanes of at least 4 members (excludes halogenated alkanes) is 1. The van der Waals surface area contributed by atoms with Crippen LogP contribution in [0.4, 0.5) is 5.69 Å².